The van der Waals surface area contributed by atoms with Crippen molar-refractivity contribution in [2.45, 2.75) is 56.6 Å². The van der Waals surface area contributed by atoms with Crippen molar-refractivity contribution in [2.24, 2.45) is 0 Å². The summed E-state index contributed by atoms with van der Waals surface area (Å²) in [6.45, 7) is 8.37. The number of ether oxygens (including phenoxy) is 4. The van der Waals surface area contributed by atoms with Crippen LogP contribution >= 0.6 is 0 Å². The smallest absolute Gasteiger partial charge is 0.259 e. The standard InChI is InChI=1S/C24H37NO5Si/c1-27-16-19-9-10-20(17-28-2)25(19)23(26)24(22(13-14-30-24)31(4,5)6)15-18-7-11-21(29-3)12-8-18/h7-8,11-13,19-20H,9-10,14-17H2,1-6H3/t19-,20-,24-/m1/s1. The number of carbonyl (C=O) groups is 1. The molecule has 0 aliphatic carbocycles. The van der Waals surface area contributed by atoms with E-state index in [1.54, 1.807) is 21.3 Å². The Morgan fingerprint density at radius 2 is 1.65 bits per heavy atom. The molecule has 3 rings (SSSR count). The van der Waals surface area contributed by atoms with E-state index in [2.05, 4.69) is 25.7 Å². The number of rotatable bonds is 9. The van der Waals surface area contributed by atoms with Gasteiger partial charge in [-0.25, -0.2) is 0 Å². The molecule has 6 nitrogen and oxygen atoms in total. The zero-order valence-corrected chi connectivity index (χ0v) is 20.8. The second-order valence-electron chi connectivity index (χ2n) is 9.54. The molecule has 31 heavy (non-hydrogen) atoms. The second kappa shape index (κ2) is 9.86. The number of hydrogen-bond donors (Lipinski definition) is 0. The van der Waals surface area contributed by atoms with Gasteiger partial charge in [0.05, 0.1) is 47.1 Å². The second-order valence-corrected chi connectivity index (χ2v) is 14.6. The Kier molecular flexibility index (Phi) is 7.62. The van der Waals surface area contributed by atoms with Gasteiger partial charge in [0.1, 0.15) is 5.75 Å². The van der Waals surface area contributed by atoms with Crippen LogP contribution in [0, 0.1) is 0 Å². The Hall–Kier alpha value is -1.67. The van der Waals surface area contributed by atoms with E-state index in [-0.39, 0.29) is 18.0 Å². The number of hydrogen-bond acceptors (Lipinski definition) is 5. The zero-order chi connectivity index (χ0) is 22.6. The third-order valence-electron chi connectivity index (χ3n) is 6.39. The Labute approximate surface area is 187 Å². The summed E-state index contributed by atoms with van der Waals surface area (Å²) in [6, 6.07) is 8.02. The quantitative estimate of drug-likeness (QED) is 0.543. The maximum absolute atomic E-state index is 14.4. The highest BCUT2D eigenvalue weighted by atomic mass is 28.3. The molecular formula is C24H37NO5Si. The fraction of sp³-hybridized carbons (Fsp3) is 0.625. The summed E-state index contributed by atoms with van der Waals surface area (Å²) in [4.78, 5) is 16.4. The van der Waals surface area contributed by atoms with Crippen molar-refractivity contribution >= 4 is 14.0 Å². The third-order valence-corrected chi connectivity index (χ3v) is 8.61. The van der Waals surface area contributed by atoms with E-state index in [1.807, 2.05) is 29.2 Å². The predicted molar refractivity (Wildman–Crippen MR) is 124 cm³/mol. The van der Waals surface area contributed by atoms with Crippen molar-refractivity contribution in [3.8, 4) is 5.75 Å². The zero-order valence-electron chi connectivity index (χ0n) is 19.8. The molecule has 1 fully saturated rings. The van der Waals surface area contributed by atoms with Crippen molar-refractivity contribution in [3.63, 3.8) is 0 Å². The lowest BCUT2D eigenvalue weighted by Gasteiger charge is -2.42. The van der Waals surface area contributed by atoms with Crippen LogP contribution in [-0.4, -0.2) is 77.7 Å². The number of amides is 1. The van der Waals surface area contributed by atoms with Crippen LogP contribution in [-0.2, 0) is 25.4 Å². The van der Waals surface area contributed by atoms with Crippen LogP contribution in [0.4, 0.5) is 0 Å². The maximum Gasteiger partial charge on any atom is 0.259 e. The van der Waals surface area contributed by atoms with Gasteiger partial charge in [0.25, 0.3) is 5.91 Å². The van der Waals surface area contributed by atoms with E-state index < -0.39 is 13.7 Å². The Morgan fingerprint density at radius 3 is 2.13 bits per heavy atom. The minimum atomic E-state index is -1.82. The Balaban J connectivity index is 2.02. The van der Waals surface area contributed by atoms with Gasteiger partial charge in [-0.1, -0.05) is 37.8 Å². The lowest BCUT2D eigenvalue weighted by atomic mass is 9.91. The first kappa shape index (κ1) is 24.0. The Bertz CT molecular complexity index is 774. The molecule has 7 heteroatoms. The summed E-state index contributed by atoms with van der Waals surface area (Å²) in [6.07, 6.45) is 4.50. The van der Waals surface area contributed by atoms with Crippen molar-refractivity contribution in [2.75, 3.05) is 41.2 Å². The molecule has 0 saturated carbocycles. The number of carbonyl (C=O) groups excluding carboxylic acids is 1. The summed E-state index contributed by atoms with van der Waals surface area (Å²) >= 11 is 0. The molecule has 1 aromatic rings. The van der Waals surface area contributed by atoms with Gasteiger partial charge >= 0.3 is 0 Å². The minimum Gasteiger partial charge on any atom is -0.497 e. The fourth-order valence-electron chi connectivity index (χ4n) is 5.06. The number of methoxy groups -OCH3 is 3. The SMILES string of the molecule is COC[C@H]1CC[C@H](COC)N1C(=O)[C@]1(Cc2ccc(OC)cc2)OCC=C1[Si](C)(C)C. The van der Waals surface area contributed by atoms with Crippen molar-refractivity contribution in [1.82, 2.24) is 4.90 Å². The van der Waals surface area contributed by atoms with E-state index in [0.717, 1.165) is 24.2 Å². The van der Waals surface area contributed by atoms with Gasteiger partial charge in [-0.15, -0.1) is 0 Å². The van der Waals surface area contributed by atoms with Crippen LogP contribution in [0.15, 0.2) is 35.5 Å². The monoisotopic (exact) mass is 447 g/mol. The topological polar surface area (TPSA) is 57.2 Å². The molecule has 0 radical (unpaired) electrons. The first-order valence-electron chi connectivity index (χ1n) is 11.1. The van der Waals surface area contributed by atoms with E-state index in [4.69, 9.17) is 18.9 Å². The highest BCUT2D eigenvalue weighted by molar-refractivity contribution is 6.84. The van der Waals surface area contributed by atoms with Gasteiger partial charge in [-0.3, -0.25) is 4.79 Å². The van der Waals surface area contributed by atoms with E-state index in [0.29, 0.717) is 26.2 Å². The number of likely N-dealkylation sites (tertiary alicyclic amines) is 1. The number of nitrogens with zero attached hydrogens (tertiary/aromatic N) is 1. The van der Waals surface area contributed by atoms with Crippen molar-refractivity contribution in [1.29, 1.82) is 0 Å². The average Bonchev–Trinajstić information content (AvgIpc) is 3.34. The molecule has 1 amide bonds. The van der Waals surface area contributed by atoms with Crippen molar-refractivity contribution in [3.05, 3.63) is 41.1 Å². The summed E-state index contributed by atoms with van der Waals surface area (Å²) < 4.78 is 22.7. The minimum absolute atomic E-state index is 0.0393. The fourth-order valence-corrected chi connectivity index (χ4v) is 7.24. The van der Waals surface area contributed by atoms with Gasteiger partial charge in [0.15, 0.2) is 5.60 Å². The molecule has 172 valence electrons. The van der Waals surface area contributed by atoms with Gasteiger partial charge in [0.2, 0.25) is 0 Å². The van der Waals surface area contributed by atoms with Crippen LogP contribution in [0.1, 0.15) is 18.4 Å². The summed E-state index contributed by atoms with van der Waals surface area (Å²) in [5.74, 6) is 0.855. The first-order chi connectivity index (χ1) is 14.8. The molecule has 0 unspecified atom stereocenters. The summed E-state index contributed by atoms with van der Waals surface area (Å²) in [7, 11) is 3.22. The molecule has 0 spiro atoms. The largest absolute Gasteiger partial charge is 0.497 e. The third kappa shape index (κ3) is 4.90. The molecule has 1 aromatic carbocycles. The summed E-state index contributed by atoms with van der Waals surface area (Å²) in [5, 5.41) is 1.18. The van der Waals surface area contributed by atoms with Crippen LogP contribution in [0.5, 0.6) is 5.75 Å². The lowest BCUT2D eigenvalue weighted by Crippen LogP contribution is -2.59. The van der Waals surface area contributed by atoms with E-state index >= 15 is 0 Å². The van der Waals surface area contributed by atoms with Crippen molar-refractivity contribution < 1.29 is 23.7 Å². The highest BCUT2D eigenvalue weighted by Gasteiger charge is 2.54. The van der Waals surface area contributed by atoms with Crippen LogP contribution in [0.25, 0.3) is 0 Å². The van der Waals surface area contributed by atoms with Gasteiger partial charge in [-0.05, 0) is 35.7 Å². The lowest BCUT2D eigenvalue weighted by molar-refractivity contribution is -0.155. The predicted octanol–water partition coefficient (Wildman–Crippen LogP) is 3.46. The number of benzene rings is 1. The Morgan fingerprint density at radius 1 is 1.06 bits per heavy atom. The normalized spacial score (nSPS) is 26.3. The first-order valence-corrected chi connectivity index (χ1v) is 14.6. The molecule has 2 aliphatic heterocycles. The highest BCUT2D eigenvalue weighted by Crippen LogP contribution is 2.41. The van der Waals surface area contributed by atoms with Crippen LogP contribution in [0.3, 0.4) is 0 Å². The van der Waals surface area contributed by atoms with Crippen LogP contribution in [0.2, 0.25) is 19.6 Å². The molecular weight excluding hydrogens is 410 g/mol. The van der Waals surface area contributed by atoms with E-state index in [1.165, 1.54) is 5.20 Å². The van der Waals surface area contributed by atoms with Gasteiger partial charge in [0, 0.05) is 20.6 Å². The van der Waals surface area contributed by atoms with Gasteiger partial charge in [-0.2, -0.15) is 0 Å². The molecule has 0 bridgehead atoms. The molecule has 3 atom stereocenters. The molecule has 0 N–H and O–H groups in total. The van der Waals surface area contributed by atoms with E-state index in [9.17, 15) is 4.79 Å². The molecule has 2 heterocycles. The van der Waals surface area contributed by atoms with Gasteiger partial charge < -0.3 is 23.8 Å². The molecule has 2 aliphatic rings. The average molecular weight is 448 g/mol. The van der Waals surface area contributed by atoms with Crippen LogP contribution < -0.4 is 4.74 Å². The maximum atomic E-state index is 14.4. The molecule has 1 saturated heterocycles. The summed E-state index contributed by atoms with van der Waals surface area (Å²) in [5.41, 5.74) is 0.0902. The molecule has 0 aromatic heterocycles.